The minimum Gasteiger partial charge on any atom is -0.395 e. The number of aliphatic hydroxyl groups excluding tert-OH is 3. The molecule has 4 N–H and O–H groups in total. The first-order valence-electron chi connectivity index (χ1n) is 25.6. The molecule has 4 nitrogen and oxygen atoms in total. The average Bonchev–Trinajstić information content (AvgIpc) is 3.19. The van der Waals surface area contributed by atoms with Crippen LogP contribution < -0.4 is 0 Å². The Morgan fingerprint density at radius 3 is 0.727 bits per heavy atom. The van der Waals surface area contributed by atoms with Gasteiger partial charge in [-0.25, -0.2) is 0 Å². The molecular formula is C51H104O4. The van der Waals surface area contributed by atoms with Crippen molar-refractivity contribution in [2.24, 2.45) is 5.41 Å². The lowest BCUT2D eigenvalue weighted by Crippen LogP contribution is -2.59. The molecule has 332 valence electrons. The van der Waals surface area contributed by atoms with Crippen LogP contribution in [-0.2, 0) is 0 Å². The molecule has 2 unspecified atom stereocenters. The predicted octanol–water partition coefficient (Wildman–Crippen LogP) is 15.9. The molecule has 0 heterocycles. The fraction of sp³-hybridized carbons (Fsp3) is 1.00. The van der Waals surface area contributed by atoms with Crippen molar-refractivity contribution in [2.75, 3.05) is 13.2 Å². The summed E-state index contributed by atoms with van der Waals surface area (Å²) in [6.45, 7) is 6.10. The molecule has 0 spiro atoms. The summed E-state index contributed by atoms with van der Waals surface area (Å²) in [5.74, 6) is 0. The van der Waals surface area contributed by atoms with E-state index in [1.54, 1.807) is 0 Å². The first-order chi connectivity index (χ1) is 27.0. The summed E-state index contributed by atoms with van der Waals surface area (Å²) in [6.07, 6.45) is 52.2. The van der Waals surface area contributed by atoms with E-state index in [2.05, 4.69) is 20.8 Å². The van der Waals surface area contributed by atoms with Crippen molar-refractivity contribution in [2.45, 2.75) is 309 Å². The van der Waals surface area contributed by atoms with Gasteiger partial charge in [-0.05, 0) is 19.3 Å². The van der Waals surface area contributed by atoms with Gasteiger partial charge in [-0.15, -0.1) is 0 Å². The van der Waals surface area contributed by atoms with Crippen LogP contribution in [0.2, 0.25) is 0 Å². The Bertz CT molecular complexity index is 724. The Balaban J connectivity index is 4.59. The molecule has 0 aliphatic rings. The van der Waals surface area contributed by atoms with E-state index < -0.39 is 17.1 Å². The van der Waals surface area contributed by atoms with Gasteiger partial charge in [0.05, 0.1) is 30.3 Å². The van der Waals surface area contributed by atoms with E-state index in [0.717, 1.165) is 38.5 Å². The lowest BCUT2D eigenvalue weighted by atomic mass is 9.63. The maximum absolute atomic E-state index is 12.3. The molecule has 0 fully saturated rings. The van der Waals surface area contributed by atoms with Crippen molar-refractivity contribution in [3.05, 3.63) is 0 Å². The Kier molecular flexibility index (Phi) is 41.9. The molecule has 0 aromatic heterocycles. The third-order valence-corrected chi connectivity index (χ3v) is 13.3. The molecule has 55 heavy (non-hydrogen) atoms. The highest BCUT2D eigenvalue weighted by Gasteiger charge is 2.53. The molecule has 2 atom stereocenters. The first-order valence-corrected chi connectivity index (χ1v) is 25.6. The van der Waals surface area contributed by atoms with Gasteiger partial charge in [-0.3, -0.25) is 0 Å². The molecule has 0 amide bonds. The zero-order valence-electron chi connectivity index (χ0n) is 38.2. The van der Waals surface area contributed by atoms with Crippen molar-refractivity contribution < 1.29 is 20.4 Å². The summed E-state index contributed by atoms with van der Waals surface area (Å²) < 4.78 is 0. The highest BCUT2D eigenvalue weighted by Crippen LogP contribution is 2.44. The van der Waals surface area contributed by atoms with Gasteiger partial charge in [-0.1, -0.05) is 278 Å². The second kappa shape index (κ2) is 42.0. The minimum absolute atomic E-state index is 0.365. The minimum atomic E-state index is -1.26. The third-order valence-electron chi connectivity index (χ3n) is 13.3. The summed E-state index contributed by atoms with van der Waals surface area (Å²) in [5, 5.41) is 45.5. The average molecular weight is 781 g/mol. The number of hydrogen-bond acceptors (Lipinski definition) is 4. The Morgan fingerprint density at radius 1 is 0.309 bits per heavy atom. The van der Waals surface area contributed by atoms with Crippen LogP contribution in [0.5, 0.6) is 0 Å². The molecular weight excluding hydrogens is 677 g/mol. The lowest BCUT2D eigenvalue weighted by molar-refractivity contribution is -0.193. The van der Waals surface area contributed by atoms with E-state index in [4.69, 9.17) is 0 Å². The van der Waals surface area contributed by atoms with E-state index in [1.165, 1.54) is 218 Å². The summed E-state index contributed by atoms with van der Waals surface area (Å²) in [4.78, 5) is 0. The summed E-state index contributed by atoms with van der Waals surface area (Å²) in [7, 11) is 0. The zero-order chi connectivity index (χ0) is 40.4. The smallest absolute Gasteiger partial charge is 0.0772 e. The van der Waals surface area contributed by atoms with Gasteiger partial charge in [0.2, 0.25) is 0 Å². The number of rotatable bonds is 47. The number of aliphatic hydroxyl groups is 4. The van der Waals surface area contributed by atoms with Gasteiger partial charge in [0, 0.05) is 0 Å². The molecule has 0 aliphatic heterocycles. The van der Waals surface area contributed by atoms with Crippen LogP contribution in [0.1, 0.15) is 297 Å². The fourth-order valence-electron chi connectivity index (χ4n) is 9.17. The second-order valence-corrected chi connectivity index (χ2v) is 18.4. The largest absolute Gasteiger partial charge is 0.395 e. The molecule has 0 bridgehead atoms. The Labute approximate surface area is 346 Å². The number of hydrogen-bond donors (Lipinski definition) is 4. The zero-order valence-corrected chi connectivity index (χ0v) is 38.2. The lowest BCUT2D eigenvalue weighted by Gasteiger charge is -2.48. The van der Waals surface area contributed by atoms with Gasteiger partial charge in [0.1, 0.15) is 0 Å². The molecule has 0 saturated carbocycles. The topological polar surface area (TPSA) is 80.9 Å². The van der Waals surface area contributed by atoms with Crippen LogP contribution in [0.4, 0.5) is 0 Å². The monoisotopic (exact) mass is 781 g/mol. The van der Waals surface area contributed by atoms with Gasteiger partial charge in [-0.2, -0.15) is 0 Å². The van der Waals surface area contributed by atoms with Crippen molar-refractivity contribution in [1.29, 1.82) is 0 Å². The summed E-state index contributed by atoms with van der Waals surface area (Å²) in [5.41, 5.74) is -2.51. The molecule has 0 saturated heterocycles. The maximum atomic E-state index is 12.3. The standard InChI is InChI=1S/C51H104O4/c1-4-7-10-13-16-19-21-23-25-27-29-31-33-35-38-41-44-49(54)50(47-52,48-53)51(55,45-42-39-36-18-15-12-9-6-3)46-43-40-37-34-32-30-28-26-24-22-20-17-14-11-8-5-2/h49,52-55H,4-48H2,1-3H3. The molecule has 0 aromatic rings. The van der Waals surface area contributed by atoms with Crippen LogP contribution in [0, 0.1) is 5.41 Å². The third kappa shape index (κ3) is 30.5. The normalized spacial score (nSPS) is 13.8. The van der Waals surface area contributed by atoms with Gasteiger partial charge in [0.25, 0.3) is 0 Å². The summed E-state index contributed by atoms with van der Waals surface area (Å²) in [6, 6.07) is 0. The highest BCUT2D eigenvalue weighted by molar-refractivity contribution is 5.03. The molecule has 0 aromatic carbocycles. The van der Waals surface area contributed by atoms with Crippen molar-refractivity contribution in [3.8, 4) is 0 Å². The predicted molar refractivity (Wildman–Crippen MR) is 243 cm³/mol. The number of unbranched alkanes of at least 4 members (excludes halogenated alkanes) is 37. The van der Waals surface area contributed by atoms with Crippen molar-refractivity contribution in [3.63, 3.8) is 0 Å². The highest BCUT2D eigenvalue weighted by atomic mass is 16.3. The van der Waals surface area contributed by atoms with E-state index >= 15 is 0 Å². The van der Waals surface area contributed by atoms with Crippen molar-refractivity contribution >= 4 is 0 Å². The van der Waals surface area contributed by atoms with Crippen LogP contribution >= 0.6 is 0 Å². The van der Waals surface area contributed by atoms with Gasteiger partial charge in [0.15, 0.2) is 0 Å². The van der Waals surface area contributed by atoms with Crippen LogP contribution in [0.25, 0.3) is 0 Å². The van der Waals surface area contributed by atoms with E-state index in [-0.39, 0.29) is 13.2 Å². The van der Waals surface area contributed by atoms with E-state index in [1.807, 2.05) is 0 Å². The summed E-state index contributed by atoms with van der Waals surface area (Å²) >= 11 is 0. The molecule has 4 heteroatoms. The Morgan fingerprint density at radius 2 is 0.509 bits per heavy atom. The molecule has 0 rings (SSSR count). The fourth-order valence-corrected chi connectivity index (χ4v) is 9.17. The van der Waals surface area contributed by atoms with Crippen molar-refractivity contribution in [1.82, 2.24) is 0 Å². The molecule has 0 radical (unpaired) electrons. The van der Waals surface area contributed by atoms with Crippen LogP contribution in [-0.4, -0.2) is 45.3 Å². The first kappa shape index (κ1) is 54.8. The van der Waals surface area contributed by atoms with E-state index in [9.17, 15) is 20.4 Å². The quantitative estimate of drug-likeness (QED) is 0.0464. The van der Waals surface area contributed by atoms with Gasteiger partial charge >= 0.3 is 0 Å². The van der Waals surface area contributed by atoms with Crippen LogP contribution in [0.3, 0.4) is 0 Å². The van der Waals surface area contributed by atoms with Crippen LogP contribution in [0.15, 0.2) is 0 Å². The molecule has 0 aliphatic carbocycles. The Hall–Kier alpha value is -0.160. The second-order valence-electron chi connectivity index (χ2n) is 18.4. The van der Waals surface area contributed by atoms with Gasteiger partial charge < -0.3 is 20.4 Å². The van der Waals surface area contributed by atoms with E-state index in [0.29, 0.717) is 19.3 Å². The SMILES string of the molecule is CCCCCCCCCCCCCCCCCCC(O)C(CO)(CO)C(O)(CCCCCCCCCC)CCCCCCCCCCCCCCCCCC. The maximum Gasteiger partial charge on any atom is 0.0772 e.